The number of nitrogens with one attached hydrogen (secondary N) is 3. The van der Waals surface area contributed by atoms with Gasteiger partial charge in [-0.2, -0.15) is 0 Å². The van der Waals surface area contributed by atoms with E-state index in [0.717, 1.165) is 0 Å². The fourth-order valence-corrected chi connectivity index (χ4v) is 2.36. The van der Waals surface area contributed by atoms with E-state index in [-0.39, 0.29) is 18.3 Å². The van der Waals surface area contributed by atoms with Crippen LogP contribution in [0.25, 0.3) is 0 Å². The van der Waals surface area contributed by atoms with E-state index < -0.39 is 35.9 Å². The number of nitrogens with two attached hydrogens (primary N) is 1. The monoisotopic (exact) mass is 367 g/mol. The normalized spacial score (nSPS) is 14.7. The van der Waals surface area contributed by atoms with Crippen LogP contribution < -0.4 is 16.4 Å². The number of hydrogen-bond donors (Lipinski definition) is 5. The summed E-state index contributed by atoms with van der Waals surface area (Å²) in [5.74, 6) is -2.10. The first-order chi connectivity index (χ1) is 12.1. The molecular weight excluding hydrogens is 338 g/mol. The van der Waals surface area contributed by atoms with Crippen molar-refractivity contribution in [2.24, 2.45) is 17.6 Å². The number of aliphatic carboxylic acids is 1. The standard InChI is InChI=1S/C17H29N5O4/c1-9(2)5-12(21-16(24)14(18)10(3)4)15(23)22-13(17(25)26)6-11-7-19-8-20-11/h7-10,12-14H,5-6,18H2,1-4H3,(H,19,20)(H,21,24)(H,22,23)(H,25,26). The van der Waals surface area contributed by atoms with Crippen LogP contribution in [0, 0.1) is 11.8 Å². The Labute approximate surface area is 153 Å². The number of aromatic amines is 1. The summed E-state index contributed by atoms with van der Waals surface area (Å²) in [5, 5.41) is 14.5. The van der Waals surface area contributed by atoms with E-state index in [4.69, 9.17) is 5.73 Å². The Balaban J connectivity index is 2.82. The summed E-state index contributed by atoms with van der Waals surface area (Å²) in [7, 11) is 0. The van der Waals surface area contributed by atoms with Crippen molar-refractivity contribution in [3.05, 3.63) is 18.2 Å². The minimum atomic E-state index is -1.17. The second-order valence-electron chi connectivity index (χ2n) is 7.14. The van der Waals surface area contributed by atoms with Gasteiger partial charge in [-0.1, -0.05) is 27.7 Å². The number of H-pyrrole nitrogens is 1. The number of carboxylic acid groups (broad SMARTS) is 1. The lowest BCUT2D eigenvalue weighted by Crippen LogP contribution is -2.56. The topological polar surface area (TPSA) is 150 Å². The fraction of sp³-hybridized carbons (Fsp3) is 0.647. The summed E-state index contributed by atoms with van der Waals surface area (Å²) in [6, 6.07) is -2.72. The molecule has 0 saturated heterocycles. The van der Waals surface area contributed by atoms with Crippen molar-refractivity contribution < 1.29 is 19.5 Å². The first-order valence-electron chi connectivity index (χ1n) is 8.68. The zero-order valence-electron chi connectivity index (χ0n) is 15.7. The Bertz CT molecular complexity index is 600. The highest BCUT2D eigenvalue weighted by Gasteiger charge is 2.29. The molecule has 0 aliphatic rings. The van der Waals surface area contributed by atoms with Crippen LogP contribution in [0.15, 0.2) is 12.5 Å². The Morgan fingerprint density at radius 3 is 2.23 bits per heavy atom. The summed E-state index contributed by atoms with van der Waals surface area (Å²) in [6.07, 6.45) is 3.37. The molecule has 0 bridgehead atoms. The van der Waals surface area contributed by atoms with Gasteiger partial charge in [-0.3, -0.25) is 9.59 Å². The molecule has 26 heavy (non-hydrogen) atoms. The highest BCUT2D eigenvalue weighted by molar-refractivity contribution is 5.91. The molecule has 0 saturated carbocycles. The number of nitrogens with zero attached hydrogens (tertiary/aromatic N) is 1. The molecule has 1 aromatic rings. The van der Waals surface area contributed by atoms with Crippen molar-refractivity contribution in [1.82, 2.24) is 20.6 Å². The third-order valence-electron chi connectivity index (χ3n) is 3.95. The maximum absolute atomic E-state index is 12.6. The van der Waals surface area contributed by atoms with E-state index in [9.17, 15) is 19.5 Å². The Hall–Kier alpha value is -2.42. The lowest BCUT2D eigenvalue weighted by atomic mass is 10.00. The molecule has 9 nitrogen and oxygen atoms in total. The van der Waals surface area contributed by atoms with Crippen molar-refractivity contribution in [1.29, 1.82) is 0 Å². The maximum Gasteiger partial charge on any atom is 0.326 e. The van der Waals surface area contributed by atoms with Gasteiger partial charge in [-0.15, -0.1) is 0 Å². The average Bonchev–Trinajstić information content (AvgIpc) is 3.04. The second-order valence-corrected chi connectivity index (χ2v) is 7.14. The smallest absolute Gasteiger partial charge is 0.326 e. The molecule has 0 aliphatic carbocycles. The maximum atomic E-state index is 12.6. The van der Waals surface area contributed by atoms with Gasteiger partial charge in [0.25, 0.3) is 0 Å². The lowest BCUT2D eigenvalue weighted by molar-refractivity contribution is -0.142. The van der Waals surface area contributed by atoms with Crippen molar-refractivity contribution in [2.45, 2.75) is 58.7 Å². The third kappa shape index (κ3) is 6.83. The first-order valence-corrected chi connectivity index (χ1v) is 8.68. The summed E-state index contributed by atoms with van der Waals surface area (Å²) < 4.78 is 0. The van der Waals surface area contributed by atoms with E-state index in [1.54, 1.807) is 0 Å². The number of hydrogen-bond acceptors (Lipinski definition) is 5. The van der Waals surface area contributed by atoms with Crippen LogP contribution in [-0.2, 0) is 20.8 Å². The molecule has 9 heteroatoms. The summed E-state index contributed by atoms with van der Waals surface area (Å²) in [6.45, 7) is 7.45. The SMILES string of the molecule is CC(C)CC(NC(=O)C(N)C(C)C)C(=O)NC(Cc1cnc[nH]1)C(=O)O. The van der Waals surface area contributed by atoms with Crippen LogP contribution in [0.2, 0.25) is 0 Å². The number of amides is 2. The van der Waals surface area contributed by atoms with Gasteiger partial charge in [0.05, 0.1) is 12.4 Å². The number of rotatable bonds is 10. The molecule has 2 amide bonds. The van der Waals surface area contributed by atoms with Gasteiger partial charge in [0.1, 0.15) is 12.1 Å². The van der Waals surface area contributed by atoms with E-state index in [1.807, 2.05) is 27.7 Å². The average molecular weight is 367 g/mol. The molecular formula is C17H29N5O4. The van der Waals surface area contributed by atoms with Crippen molar-refractivity contribution in [3.8, 4) is 0 Å². The van der Waals surface area contributed by atoms with Crippen LogP contribution in [0.3, 0.4) is 0 Å². The number of carbonyl (C=O) groups is 3. The minimum Gasteiger partial charge on any atom is -0.480 e. The predicted octanol–water partition coefficient (Wildman–Crippen LogP) is 0.0358. The lowest BCUT2D eigenvalue weighted by Gasteiger charge is -2.24. The number of carboxylic acids is 1. The van der Waals surface area contributed by atoms with E-state index in [0.29, 0.717) is 12.1 Å². The van der Waals surface area contributed by atoms with E-state index in [2.05, 4.69) is 20.6 Å². The molecule has 0 spiro atoms. The quantitative estimate of drug-likeness (QED) is 0.394. The molecule has 3 atom stereocenters. The first kappa shape index (κ1) is 21.6. The van der Waals surface area contributed by atoms with Crippen LogP contribution in [0.4, 0.5) is 0 Å². The largest absolute Gasteiger partial charge is 0.480 e. The molecule has 6 N–H and O–H groups in total. The molecule has 0 aromatic carbocycles. The molecule has 146 valence electrons. The molecule has 1 rings (SSSR count). The molecule has 1 heterocycles. The predicted molar refractivity (Wildman–Crippen MR) is 96.1 cm³/mol. The Morgan fingerprint density at radius 1 is 1.15 bits per heavy atom. The number of aromatic nitrogens is 2. The number of imidazole rings is 1. The van der Waals surface area contributed by atoms with Gasteiger partial charge in [0.2, 0.25) is 11.8 Å². The second kappa shape index (κ2) is 9.91. The Morgan fingerprint density at radius 2 is 1.77 bits per heavy atom. The van der Waals surface area contributed by atoms with Gasteiger partial charge in [-0.25, -0.2) is 9.78 Å². The van der Waals surface area contributed by atoms with Gasteiger partial charge in [0, 0.05) is 18.3 Å². The van der Waals surface area contributed by atoms with Gasteiger partial charge in [0.15, 0.2) is 0 Å². The summed E-state index contributed by atoms with van der Waals surface area (Å²) >= 11 is 0. The van der Waals surface area contributed by atoms with Crippen LogP contribution in [0.1, 0.15) is 39.8 Å². The van der Waals surface area contributed by atoms with Gasteiger partial charge < -0.3 is 26.5 Å². The summed E-state index contributed by atoms with van der Waals surface area (Å²) in [4.78, 5) is 42.9. The minimum absolute atomic E-state index is 0.0644. The number of carbonyl (C=O) groups excluding carboxylic acids is 2. The fourth-order valence-electron chi connectivity index (χ4n) is 2.36. The van der Waals surface area contributed by atoms with Gasteiger partial charge >= 0.3 is 5.97 Å². The van der Waals surface area contributed by atoms with Crippen LogP contribution >= 0.6 is 0 Å². The van der Waals surface area contributed by atoms with Crippen molar-refractivity contribution in [3.63, 3.8) is 0 Å². The van der Waals surface area contributed by atoms with E-state index in [1.165, 1.54) is 12.5 Å². The van der Waals surface area contributed by atoms with E-state index >= 15 is 0 Å². The Kier molecular flexibility index (Phi) is 8.24. The zero-order valence-corrected chi connectivity index (χ0v) is 15.7. The zero-order chi connectivity index (χ0) is 19.9. The van der Waals surface area contributed by atoms with Crippen LogP contribution in [-0.4, -0.2) is 51.0 Å². The van der Waals surface area contributed by atoms with Gasteiger partial charge in [-0.05, 0) is 18.3 Å². The molecule has 0 fully saturated rings. The highest BCUT2D eigenvalue weighted by atomic mass is 16.4. The van der Waals surface area contributed by atoms with Crippen molar-refractivity contribution >= 4 is 17.8 Å². The summed E-state index contributed by atoms with van der Waals surface area (Å²) in [5.41, 5.74) is 6.42. The molecule has 0 aliphatic heterocycles. The van der Waals surface area contributed by atoms with Crippen LogP contribution in [0.5, 0.6) is 0 Å². The third-order valence-corrected chi connectivity index (χ3v) is 3.95. The highest BCUT2D eigenvalue weighted by Crippen LogP contribution is 2.08. The van der Waals surface area contributed by atoms with Crippen molar-refractivity contribution in [2.75, 3.05) is 0 Å². The molecule has 0 radical (unpaired) electrons. The molecule has 1 aromatic heterocycles. The molecule has 3 unspecified atom stereocenters.